The van der Waals surface area contributed by atoms with Gasteiger partial charge in [-0.1, -0.05) is 77.8 Å². The van der Waals surface area contributed by atoms with E-state index in [0.29, 0.717) is 21.8 Å². The monoisotopic (exact) mass is 716 g/mol. The molecule has 3 fully saturated rings. The van der Waals surface area contributed by atoms with Crippen LogP contribution >= 0.6 is 11.6 Å². The molecule has 0 spiro atoms. The van der Waals surface area contributed by atoms with Crippen LogP contribution in [0.5, 0.6) is 11.5 Å². The fourth-order valence-electron chi connectivity index (χ4n) is 9.18. The molecular weight excluding hydrogens is 683 g/mol. The summed E-state index contributed by atoms with van der Waals surface area (Å²) in [5.41, 5.74) is 1.18. The van der Waals surface area contributed by atoms with Gasteiger partial charge in [0.1, 0.15) is 0 Å². The Morgan fingerprint density at radius 3 is 2.27 bits per heavy atom. The second-order valence-electron chi connectivity index (χ2n) is 13.7. The van der Waals surface area contributed by atoms with Gasteiger partial charge in [0, 0.05) is 10.9 Å². The molecule has 10 nitrogen and oxygen atoms in total. The van der Waals surface area contributed by atoms with Crippen LogP contribution in [0.2, 0.25) is 5.02 Å². The van der Waals surface area contributed by atoms with Crippen molar-refractivity contribution in [1.29, 1.82) is 0 Å². The van der Waals surface area contributed by atoms with Gasteiger partial charge in [-0.25, -0.2) is 4.90 Å². The number of anilines is 2. The molecule has 0 bridgehead atoms. The molecule has 0 radical (unpaired) electrons. The zero-order valence-corrected chi connectivity index (χ0v) is 28.8. The Balaban J connectivity index is 1.34. The van der Waals surface area contributed by atoms with Crippen LogP contribution in [-0.4, -0.2) is 52.5 Å². The smallest absolute Gasteiger partial charge is 0.488 e. The van der Waals surface area contributed by atoms with Gasteiger partial charge in [-0.2, -0.15) is 0 Å². The molecule has 0 aromatic heterocycles. The highest BCUT2D eigenvalue weighted by molar-refractivity contribution is 6.58. The molecule has 262 valence electrons. The van der Waals surface area contributed by atoms with Gasteiger partial charge in [0.15, 0.2) is 11.5 Å². The van der Waals surface area contributed by atoms with Gasteiger partial charge in [0.05, 0.1) is 41.2 Å². The third-order valence-electron chi connectivity index (χ3n) is 11.2. The summed E-state index contributed by atoms with van der Waals surface area (Å²) < 4.78 is 5.81. The Bertz CT molecular complexity index is 2180. The molecule has 6 atom stereocenters. The first-order valence-corrected chi connectivity index (χ1v) is 17.6. The van der Waals surface area contributed by atoms with E-state index in [2.05, 4.69) is 0 Å². The molecule has 4 amide bonds. The molecule has 3 N–H and O–H groups in total. The lowest BCUT2D eigenvalue weighted by Crippen LogP contribution is -2.53. The summed E-state index contributed by atoms with van der Waals surface area (Å²) in [5, 5.41) is 30.8. The Morgan fingerprint density at radius 1 is 0.827 bits per heavy atom. The van der Waals surface area contributed by atoms with E-state index in [0.717, 1.165) is 10.5 Å². The van der Waals surface area contributed by atoms with Gasteiger partial charge in [-0.3, -0.25) is 24.1 Å². The summed E-state index contributed by atoms with van der Waals surface area (Å²) in [7, 11) is -1.80. The lowest BCUT2D eigenvalue weighted by molar-refractivity contribution is -0.127. The molecule has 1 saturated carbocycles. The summed E-state index contributed by atoms with van der Waals surface area (Å²) in [6.45, 7) is 2.06. The number of ether oxygens (including phenoxy) is 1. The van der Waals surface area contributed by atoms with E-state index in [1.807, 2.05) is 36.4 Å². The number of benzene rings is 4. The molecule has 52 heavy (non-hydrogen) atoms. The number of hydrogen-bond donors (Lipinski definition) is 3. The number of carbonyl (C=O) groups is 4. The van der Waals surface area contributed by atoms with Gasteiger partial charge in [0.2, 0.25) is 23.6 Å². The highest BCUT2D eigenvalue weighted by Gasteiger charge is 2.70. The van der Waals surface area contributed by atoms with E-state index in [1.54, 1.807) is 55.5 Å². The average molecular weight is 717 g/mol. The highest BCUT2D eigenvalue weighted by atomic mass is 35.5. The maximum Gasteiger partial charge on any atom is 0.488 e. The van der Waals surface area contributed by atoms with Crippen LogP contribution < -0.4 is 20.0 Å². The Hall–Kier alpha value is -5.23. The maximum absolute atomic E-state index is 15.4. The van der Waals surface area contributed by atoms with Crippen molar-refractivity contribution in [2.24, 2.45) is 23.7 Å². The van der Waals surface area contributed by atoms with Gasteiger partial charge in [0.25, 0.3) is 0 Å². The van der Waals surface area contributed by atoms with Crippen molar-refractivity contribution in [3.05, 3.63) is 125 Å². The molecule has 4 aromatic carbocycles. The Kier molecular flexibility index (Phi) is 8.32. The van der Waals surface area contributed by atoms with Crippen LogP contribution in [0, 0.1) is 23.7 Å². The minimum absolute atomic E-state index is 0.0854. The Morgan fingerprint density at radius 2 is 1.56 bits per heavy atom. The number of imide groups is 2. The number of phenolic OH excluding ortho intramolecular Hbond substituents is 1. The van der Waals surface area contributed by atoms with E-state index in [9.17, 15) is 29.5 Å². The van der Waals surface area contributed by atoms with Gasteiger partial charge in [-0.05, 0) is 84.7 Å². The van der Waals surface area contributed by atoms with E-state index in [4.69, 9.17) is 16.3 Å². The first-order valence-electron chi connectivity index (χ1n) is 17.3. The average Bonchev–Trinajstić information content (AvgIpc) is 3.53. The third-order valence-corrected chi connectivity index (χ3v) is 11.4. The predicted molar refractivity (Wildman–Crippen MR) is 194 cm³/mol. The highest BCUT2D eigenvalue weighted by Crippen LogP contribution is 2.64. The zero-order chi connectivity index (χ0) is 36.5. The van der Waals surface area contributed by atoms with Crippen molar-refractivity contribution < 1.29 is 39.1 Å². The van der Waals surface area contributed by atoms with E-state index in [1.165, 1.54) is 23.1 Å². The number of rotatable bonds is 7. The fourth-order valence-corrected chi connectivity index (χ4v) is 9.36. The van der Waals surface area contributed by atoms with Crippen LogP contribution in [0.1, 0.15) is 36.8 Å². The fraction of sp³-hybridized carbons (Fsp3) is 0.250. The first-order chi connectivity index (χ1) is 25.1. The summed E-state index contributed by atoms with van der Waals surface area (Å²) in [4.78, 5) is 61.2. The second-order valence-corrected chi connectivity index (χ2v) is 14.2. The molecule has 2 heterocycles. The minimum atomic E-state index is -1.80. The number of halogens is 1. The van der Waals surface area contributed by atoms with Crippen molar-refractivity contribution >= 4 is 59.2 Å². The van der Waals surface area contributed by atoms with E-state index >= 15 is 4.79 Å². The zero-order valence-electron chi connectivity index (χ0n) is 28.1. The summed E-state index contributed by atoms with van der Waals surface area (Å²) in [6, 6.07) is 26.7. The number of aromatic hydroxyl groups is 1. The lowest BCUT2D eigenvalue weighted by atomic mass is 9.49. The molecule has 2 aliphatic carbocycles. The first kappa shape index (κ1) is 33.9. The third kappa shape index (κ3) is 4.94. The maximum atomic E-state index is 15.4. The topological polar surface area (TPSA) is 145 Å². The largest absolute Gasteiger partial charge is 0.504 e. The van der Waals surface area contributed by atoms with Crippen molar-refractivity contribution in [1.82, 2.24) is 0 Å². The number of carbonyl (C=O) groups excluding carboxylic acids is 4. The number of allylic oxidation sites excluding steroid dienone is 2. The Labute approximate surface area is 305 Å². The molecule has 12 heteroatoms. The molecule has 4 aromatic rings. The lowest BCUT2D eigenvalue weighted by Gasteiger charge is -2.50. The molecule has 2 aliphatic heterocycles. The minimum Gasteiger partial charge on any atom is -0.504 e. The van der Waals surface area contributed by atoms with E-state index < -0.39 is 65.8 Å². The van der Waals surface area contributed by atoms with Crippen LogP contribution in [0.25, 0.3) is 0 Å². The molecule has 4 aliphatic rings. The SMILES string of the molecule is CCOc1cc(C2C3=CCC4C(=O)N(c5cccc(B(O)O)c5)C(=O)C4C3CC3C(=O)N(c4cccc(Cl)c4)C(=O)C32c2ccccc2)ccc1O. The number of nitrogens with zero attached hydrogens (tertiary/aromatic N) is 2. The van der Waals surface area contributed by atoms with Crippen LogP contribution in [0.15, 0.2) is 109 Å². The van der Waals surface area contributed by atoms with E-state index in [-0.39, 0.29) is 42.1 Å². The predicted octanol–water partition coefficient (Wildman–Crippen LogP) is 4.49. The number of phenols is 1. The van der Waals surface area contributed by atoms with Crippen LogP contribution in [0.3, 0.4) is 0 Å². The molecule has 8 rings (SSSR count). The van der Waals surface area contributed by atoms with Crippen LogP contribution in [-0.2, 0) is 24.6 Å². The summed E-state index contributed by atoms with van der Waals surface area (Å²) >= 11 is 6.39. The van der Waals surface area contributed by atoms with Crippen molar-refractivity contribution in [3.63, 3.8) is 0 Å². The second kappa shape index (κ2) is 12.8. The molecule has 2 saturated heterocycles. The summed E-state index contributed by atoms with van der Waals surface area (Å²) in [5.74, 6) is -5.57. The quantitative estimate of drug-likeness (QED) is 0.144. The van der Waals surface area contributed by atoms with Crippen LogP contribution in [0.4, 0.5) is 11.4 Å². The van der Waals surface area contributed by atoms with Gasteiger partial charge >= 0.3 is 7.12 Å². The normalized spacial score (nSPS) is 26.5. The van der Waals surface area contributed by atoms with Gasteiger partial charge in [-0.15, -0.1) is 0 Å². The van der Waals surface area contributed by atoms with Gasteiger partial charge < -0.3 is 19.9 Å². The molecule has 6 unspecified atom stereocenters. The molecular formula is C40H34BClN2O8. The summed E-state index contributed by atoms with van der Waals surface area (Å²) in [6.07, 6.45) is 2.27. The van der Waals surface area contributed by atoms with Crippen molar-refractivity contribution in [3.8, 4) is 11.5 Å². The number of fused-ring (bicyclic) bond motifs is 4. The van der Waals surface area contributed by atoms with Crippen molar-refractivity contribution in [2.45, 2.75) is 31.1 Å². The number of amides is 4. The van der Waals surface area contributed by atoms with Crippen molar-refractivity contribution in [2.75, 3.05) is 16.4 Å². The standard InChI is InChI=1S/C40H34BClN2O8/c1-2-52-33-18-22(14-17-32(33)45)35-28-15-16-29-34(38(48)43(36(29)46)26-12-6-10-24(19-26)41(50)51)30(28)21-31-37(47)44(27-13-7-11-25(42)20-27)39(49)40(31,35)23-8-4-3-5-9-23/h3-15,17-20,29-31,34-35,45,50-51H,2,16,21H2,1H3. The number of hydrogen-bond acceptors (Lipinski definition) is 8.